The van der Waals surface area contributed by atoms with E-state index in [0.29, 0.717) is 33.5 Å². The minimum absolute atomic E-state index is 0.0700. The number of hydrogen-bond donors (Lipinski definition) is 2. The number of carbonyl (C=O) groups is 2. The molecule has 0 radical (unpaired) electrons. The van der Waals surface area contributed by atoms with Crippen LogP contribution in [0.5, 0.6) is 5.75 Å². The number of ether oxygens (including phenoxy) is 1. The Labute approximate surface area is 216 Å². The largest absolute Gasteiger partial charge is 0.489 e. The Morgan fingerprint density at radius 2 is 1.66 bits per heavy atom. The summed E-state index contributed by atoms with van der Waals surface area (Å²) in [6.07, 6.45) is 0.860. The molecule has 0 aliphatic carbocycles. The smallest absolute Gasteiger partial charge is 0.303 e. The van der Waals surface area contributed by atoms with Crippen molar-refractivity contribution in [3.63, 3.8) is 0 Å². The summed E-state index contributed by atoms with van der Waals surface area (Å²) in [6, 6.07) is 19.8. The first kappa shape index (κ1) is 26.6. The number of benzene rings is 3. The molecule has 3 aromatic carbocycles. The first-order valence-corrected chi connectivity index (χ1v) is 12.2. The van der Waals surface area contributed by atoms with Crippen molar-refractivity contribution in [2.75, 3.05) is 0 Å². The van der Waals surface area contributed by atoms with Gasteiger partial charge in [0.15, 0.2) is 0 Å². The number of carboxylic acids is 1. The molecule has 35 heavy (non-hydrogen) atoms. The normalized spacial score (nSPS) is 11.8. The summed E-state index contributed by atoms with van der Waals surface area (Å²) < 4.78 is 5.84. The van der Waals surface area contributed by atoms with E-state index in [1.165, 1.54) is 0 Å². The van der Waals surface area contributed by atoms with Gasteiger partial charge >= 0.3 is 5.97 Å². The van der Waals surface area contributed by atoms with Gasteiger partial charge in [0.05, 0.1) is 6.04 Å². The molecule has 1 atom stereocenters. The molecule has 3 aromatic rings. The van der Waals surface area contributed by atoms with E-state index in [4.69, 9.17) is 33.0 Å². The Morgan fingerprint density at radius 1 is 0.971 bits per heavy atom. The Hall–Kier alpha value is -3.02. The molecule has 0 bridgehead atoms. The summed E-state index contributed by atoms with van der Waals surface area (Å²) in [5.41, 5.74) is 2.73. The van der Waals surface area contributed by atoms with E-state index in [-0.39, 0.29) is 31.4 Å². The minimum Gasteiger partial charge on any atom is -0.489 e. The third-order valence-electron chi connectivity index (χ3n) is 5.48. The highest BCUT2D eigenvalue weighted by Crippen LogP contribution is 2.28. The molecular formula is C28H29Cl2NO4. The Morgan fingerprint density at radius 3 is 2.29 bits per heavy atom. The molecule has 1 unspecified atom stereocenters. The lowest BCUT2D eigenvalue weighted by Gasteiger charge is -2.23. The van der Waals surface area contributed by atoms with Crippen molar-refractivity contribution in [1.82, 2.24) is 5.32 Å². The second kappa shape index (κ2) is 12.6. The average molecular weight is 514 g/mol. The zero-order valence-electron chi connectivity index (χ0n) is 19.8. The molecule has 0 fully saturated rings. The molecule has 1 amide bonds. The highest BCUT2D eigenvalue weighted by Gasteiger charge is 2.21. The van der Waals surface area contributed by atoms with Crippen LogP contribution in [0, 0.1) is 5.92 Å². The first-order chi connectivity index (χ1) is 16.7. The third-order valence-corrected chi connectivity index (χ3v) is 5.91. The van der Waals surface area contributed by atoms with E-state index in [1.807, 2.05) is 36.4 Å². The number of aliphatic carboxylic acids is 1. The molecule has 0 aliphatic rings. The number of halogens is 2. The Bertz CT molecular complexity index is 1140. The Balaban J connectivity index is 1.88. The van der Waals surface area contributed by atoms with Gasteiger partial charge in [0.2, 0.25) is 0 Å². The maximum atomic E-state index is 13.5. The zero-order valence-corrected chi connectivity index (χ0v) is 21.3. The van der Waals surface area contributed by atoms with Crippen molar-refractivity contribution in [1.29, 1.82) is 0 Å². The van der Waals surface area contributed by atoms with Crippen molar-refractivity contribution in [2.45, 2.75) is 45.8 Å². The number of rotatable bonds is 11. The van der Waals surface area contributed by atoms with Crippen molar-refractivity contribution >= 4 is 35.1 Å². The first-order valence-electron chi connectivity index (χ1n) is 11.5. The van der Waals surface area contributed by atoms with Gasteiger partial charge in [-0.2, -0.15) is 0 Å². The third kappa shape index (κ3) is 8.30. The number of carbonyl (C=O) groups excluding carboxylic acids is 1. The van der Waals surface area contributed by atoms with Crippen molar-refractivity contribution < 1.29 is 19.4 Å². The lowest BCUT2D eigenvalue weighted by Crippen LogP contribution is -2.30. The molecule has 0 spiro atoms. The number of aryl methyl sites for hydroxylation is 1. The van der Waals surface area contributed by atoms with E-state index in [9.17, 15) is 9.59 Å². The molecule has 184 valence electrons. The molecule has 5 nitrogen and oxygen atoms in total. The Kier molecular flexibility index (Phi) is 9.58. The monoisotopic (exact) mass is 513 g/mol. The van der Waals surface area contributed by atoms with Gasteiger partial charge in [-0.3, -0.25) is 9.59 Å². The van der Waals surface area contributed by atoms with Gasteiger partial charge in [0.1, 0.15) is 12.4 Å². The van der Waals surface area contributed by atoms with Crippen LogP contribution in [-0.2, 0) is 17.8 Å². The van der Waals surface area contributed by atoms with Crippen LogP contribution in [-0.4, -0.2) is 17.0 Å². The fourth-order valence-corrected chi connectivity index (χ4v) is 4.37. The highest BCUT2D eigenvalue weighted by atomic mass is 35.5. The van der Waals surface area contributed by atoms with Crippen LogP contribution in [0.1, 0.15) is 59.8 Å². The molecule has 7 heteroatoms. The predicted octanol–water partition coefficient (Wildman–Crippen LogP) is 7.11. The quantitative estimate of drug-likeness (QED) is 0.286. The van der Waals surface area contributed by atoms with Crippen LogP contribution in [0.4, 0.5) is 0 Å². The zero-order chi connectivity index (χ0) is 25.4. The fraction of sp³-hybridized carbons (Fsp3) is 0.286. The van der Waals surface area contributed by atoms with Crippen LogP contribution in [0.3, 0.4) is 0 Å². The molecule has 3 rings (SSSR count). The second-order valence-corrected chi connectivity index (χ2v) is 9.72. The summed E-state index contributed by atoms with van der Waals surface area (Å²) in [5.74, 6) is -0.175. The second-order valence-electron chi connectivity index (χ2n) is 8.85. The lowest BCUT2D eigenvalue weighted by atomic mass is 9.95. The number of hydrogen-bond acceptors (Lipinski definition) is 3. The van der Waals surface area contributed by atoms with Crippen LogP contribution < -0.4 is 10.1 Å². The predicted molar refractivity (Wildman–Crippen MR) is 139 cm³/mol. The van der Waals surface area contributed by atoms with Crippen LogP contribution >= 0.6 is 23.2 Å². The van der Waals surface area contributed by atoms with Gasteiger partial charge in [0, 0.05) is 22.0 Å². The SMILES string of the molecule is CC(C)CC(NC(=O)c1cc(COc2ccccc2)ccc1CCC(=O)O)c1cc(Cl)cc(Cl)c1. The standard InChI is InChI=1S/C28H29Cl2NO4/c1-18(2)12-26(21-14-22(29)16-23(30)15-21)31-28(34)25-13-19(8-9-20(25)10-11-27(32)33)17-35-24-6-4-3-5-7-24/h3-9,13-16,18,26H,10-12,17H2,1-2H3,(H,31,34)(H,32,33). The molecule has 0 saturated heterocycles. The number of amides is 1. The molecule has 2 N–H and O–H groups in total. The van der Waals surface area contributed by atoms with Gasteiger partial charge in [-0.1, -0.05) is 67.4 Å². The molecule has 0 saturated carbocycles. The van der Waals surface area contributed by atoms with Gasteiger partial charge < -0.3 is 15.2 Å². The van der Waals surface area contributed by atoms with E-state index in [2.05, 4.69) is 19.2 Å². The number of carboxylic acid groups (broad SMARTS) is 1. The summed E-state index contributed by atoms with van der Waals surface area (Å²) in [5, 5.41) is 13.3. The van der Waals surface area contributed by atoms with E-state index in [0.717, 1.165) is 16.9 Å². The van der Waals surface area contributed by atoms with Gasteiger partial charge in [-0.15, -0.1) is 0 Å². The molecular weight excluding hydrogens is 485 g/mol. The molecule has 0 aliphatic heterocycles. The van der Waals surface area contributed by atoms with Crippen molar-refractivity contribution in [3.05, 3.63) is 99.0 Å². The van der Waals surface area contributed by atoms with Crippen LogP contribution in [0.2, 0.25) is 10.0 Å². The van der Waals surface area contributed by atoms with E-state index >= 15 is 0 Å². The minimum atomic E-state index is -0.918. The van der Waals surface area contributed by atoms with Crippen molar-refractivity contribution in [3.8, 4) is 5.75 Å². The summed E-state index contributed by atoms with van der Waals surface area (Å²) >= 11 is 12.4. The van der Waals surface area contributed by atoms with Gasteiger partial charge in [-0.05, 0) is 71.8 Å². The lowest BCUT2D eigenvalue weighted by molar-refractivity contribution is -0.136. The maximum Gasteiger partial charge on any atom is 0.303 e. The van der Waals surface area contributed by atoms with E-state index < -0.39 is 5.97 Å². The summed E-state index contributed by atoms with van der Waals surface area (Å²) in [7, 11) is 0. The van der Waals surface area contributed by atoms with Crippen LogP contribution in [0.25, 0.3) is 0 Å². The number of nitrogens with one attached hydrogen (secondary N) is 1. The fourth-order valence-electron chi connectivity index (χ4n) is 3.83. The average Bonchev–Trinajstić information content (AvgIpc) is 2.81. The number of para-hydroxylation sites is 1. The van der Waals surface area contributed by atoms with Crippen molar-refractivity contribution in [2.24, 2.45) is 5.92 Å². The summed E-state index contributed by atoms with van der Waals surface area (Å²) in [4.78, 5) is 24.7. The van der Waals surface area contributed by atoms with Gasteiger partial charge in [0.25, 0.3) is 5.91 Å². The molecule has 0 aromatic heterocycles. The van der Waals surface area contributed by atoms with Gasteiger partial charge in [-0.25, -0.2) is 0 Å². The van der Waals surface area contributed by atoms with E-state index in [1.54, 1.807) is 30.3 Å². The highest BCUT2D eigenvalue weighted by molar-refractivity contribution is 6.34. The molecule has 0 heterocycles. The summed E-state index contributed by atoms with van der Waals surface area (Å²) in [6.45, 7) is 4.43. The van der Waals surface area contributed by atoms with Crippen LogP contribution in [0.15, 0.2) is 66.7 Å². The maximum absolute atomic E-state index is 13.5. The topological polar surface area (TPSA) is 75.6 Å².